The van der Waals surface area contributed by atoms with Gasteiger partial charge in [-0.3, -0.25) is 0 Å². The molecule has 6 rings (SSSR count). The Morgan fingerprint density at radius 3 is 2.38 bits per heavy atom. The zero-order valence-corrected chi connectivity index (χ0v) is 19.1. The molecule has 1 spiro atoms. The van der Waals surface area contributed by atoms with Crippen LogP contribution in [0.1, 0.15) is 50.1 Å². The van der Waals surface area contributed by atoms with Crippen molar-refractivity contribution < 1.29 is 4.74 Å². The average molecular weight is 456 g/mol. The maximum Gasteiger partial charge on any atom is 0.321 e. The van der Waals surface area contributed by atoms with Crippen molar-refractivity contribution in [3.63, 3.8) is 0 Å². The molecule has 174 valence electrons. The van der Waals surface area contributed by atoms with Crippen LogP contribution < -0.4 is 15.8 Å². The SMILES string of the molecule is Nc1ncnc2[nH]c(C3CCC4(CCNCC4)CC3)c(-c3ccc(Oc4ncccn4)cc3)c12. The van der Waals surface area contributed by atoms with Gasteiger partial charge in [-0.2, -0.15) is 0 Å². The van der Waals surface area contributed by atoms with E-state index in [2.05, 4.69) is 42.4 Å². The number of aromatic nitrogens is 5. The highest BCUT2D eigenvalue weighted by Crippen LogP contribution is 2.50. The van der Waals surface area contributed by atoms with Gasteiger partial charge in [-0.15, -0.1) is 0 Å². The van der Waals surface area contributed by atoms with Gasteiger partial charge in [0.15, 0.2) is 0 Å². The molecule has 4 heterocycles. The number of nitrogens with two attached hydrogens (primary N) is 1. The number of hydrogen-bond acceptors (Lipinski definition) is 7. The smallest absolute Gasteiger partial charge is 0.321 e. The minimum Gasteiger partial charge on any atom is -0.424 e. The Morgan fingerprint density at radius 2 is 1.65 bits per heavy atom. The van der Waals surface area contributed by atoms with Gasteiger partial charge in [0.05, 0.1) is 5.39 Å². The summed E-state index contributed by atoms with van der Waals surface area (Å²) in [7, 11) is 0. The second-order valence-corrected chi connectivity index (χ2v) is 9.58. The molecule has 1 aromatic carbocycles. The number of anilines is 1. The number of aromatic amines is 1. The van der Waals surface area contributed by atoms with E-state index in [1.807, 2.05) is 12.1 Å². The lowest BCUT2D eigenvalue weighted by molar-refractivity contribution is 0.123. The quantitative estimate of drug-likeness (QED) is 0.404. The van der Waals surface area contributed by atoms with Gasteiger partial charge in [0.25, 0.3) is 0 Å². The molecule has 0 atom stereocenters. The number of nitrogens with zero attached hydrogens (tertiary/aromatic N) is 4. The fourth-order valence-corrected chi connectivity index (χ4v) is 5.78. The highest BCUT2D eigenvalue weighted by Gasteiger charge is 2.38. The van der Waals surface area contributed by atoms with Gasteiger partial charge in [0.1, 0.15) is 23.5 Å². The molecule has 0 radical (unpaired) electrons. The minimum absolute atomic E-state index is 0.328. The van der Waals surface area contributed by atoms with Gasteiger partial charge in [-0.25, -0.2) is 19.9 Å². The standard InChI is InChI=1S/C26H29N7O/c27-23-21-20(17-2-4-19(5-3-17)34-25-29-12-1-13-30-25)22(33-24(21)32-16-31-23)18-6-8-26(9-7-18)10-14-28-15-11-26/h1-5,12-13,16,18,28H,6-11,14-15H2,(H3,27,31,32,33). The summed E-state index contributed by atoms with van der Waals surface area (Å²) in [6, 6.07) is 10.1. The van der Waals surface area contributed by atoms with Gasteiger partial charge in [0, 0.05) is 23.7 Å². The summed E-state index contributed by atoms with van der Waals surface area (Å²) < 4.78 is 5.79. The lowest BCUT2D eigenvalue weighted by Crippen LogP contribution is -2.39. The summed E-state index contributed by atoms with van der Waals surface area (Å²) in [5.74, 6) is 1.65. The molecular weight excluding hydrogens is 426 g/mol. The molecule has 4 aromatic rings. The van der Waals surface area contributed by atoms with E-state index in [9.17, 15) is 0 Å². The third-order valence-corrected chi connectivity index (χ3v) is 7.66. The van der Waals surface area contributed by atoms with Crippen molar-refractivity contribution in [1.29, 1.82) is 0 Å². The fraction of sp³-hybridized carbons (Fsp3) is 0.385. The Morgan fingerprint density at radius 1 is 0.912 bits per heavy atom. The van der Waals surface area contributed by atoms with Crippen LogP contribution in [0.25, 0.3) is 22.2 Å². The van der Waals surface area contributed by atoms with E-state index < -0.39 is 0 Å². The number of ether oxygens (including phenoxy) is 1. The topological polar surface area (TPSA) is 115 Å². The second kappa shape index (κ2) is 8.68. The maximum absolute atomic E-state index is 6.36. The zero-order valence-electron chi connectivity index (χ0n) is 19.1. The largest absolute Gasteiger partial charge is 0.424 e. The monoisotopic (exact) mass is 455 g/mol. The third-order valence-electron chi connectivity index (χ3n) is 7.66. The number of nitrogen functional groups attached to an aromatic ring is 1. The predicted molar refractivity (Wildman–Crippen MR) is 132 cm³/mol. The average Bonchev–Trinajstić information content (AvgIpc) is 3.27. The van der Waals surface area contributed by atoms with E-state index in [0.717, 1.165) is 35.2 Å². The van der Waals surface area contributed by atoms with Crippen molar-refractivity contribution in [3.8, 4) is 22.9 Å². The number of hydrogen-bond donors (Lipinski definition) is 3. The van der Waals surface area contributed by atoms with Crippen molar-refractivity contribution in [3.05, 3.63) is 54.7 Å². The lowest BCUT2D eigenvalue weighted by atomic mass is 9.65. The summed E-state index contributed by atoms with van der Waals surface area (Å²) in [4.78, 5) is 20.7. The van der Waals surface area contributed by atoms with Crippen LogP contribution in [0.2, 0.25) is 0 Å². The summed E-state index contributed by atoms with van der Waals surface area (Å²) in [5, 5.41) is 4.42. The maximum atomic E-state index is 6.36. The Balaban J connectivity index is 1.33. The summed E-state index contributed by atoms with van der Waals surface area (Å²) in [5.41, 5.74) is 11.1. The molecular formula is C26H29N7O. The molecule has 1 saturated heterocycles. The van der Waals surface area contributed by atoms with E-state index in [1.165, 1.54) is 50.5 Å². The van der Waals surface area contributed by atoms with Gasteiger partial charge >= 0.3 is 6.01 Å². The fourth-order valence-electron chi connectivity index (χ4n) is 5.78. The van der Waals surface area contributed by atoms with Crippen molar-refractivity contribution in [2.45, 2.75) is 44.4 Å². The number of piperidine rings is 1. The van der Waals surface area contributed by atoms with E-state index in [0.29, 0.717) is 28.9 Å². The normalized spacial score (nSPS) is 18.4. The van der Waals surface area contributed by atoms with E-state index >= 15 is 0 Å². The second-order valence-electron chi connectivity index (χ2n) is 9.58. The minimum atomic E-state index is 0.328. The molecule has 3 aromatic heterocycles. The van der Waals surface area contributed by atoms with Gasteiger partial charge in [-0.1, -0.05) is 12.1 Å². The van der Waals surface area contributed by atoms with E-state index in [-0.39, 0.29) is 0 Å². The Labute approximate surface area is 198 Å². The van der Waals surface area contributed by atoms with E-state index in [4.69, 9.17) is 10.5 Å². The van der Waals surface area contributed by atoms with Crippen LogP contribution in [0.4, 0.5) is 5.82 Å². The van der Waals surface area contributed by atoms with E-state index in [1.54, 1.807) is 18.5 Å². The Hall–Kier alpha value is -3.52. The highest BCUT2D eigenvalue weighted by atomic mass is 16.5. The van der Waals surface area contributed by atoms with Crippen LogP contribution >= 0.6 is 0 Å². The first-order valence-electron chi connectivity index (χ1n) is 12.1. The zero-order chi connectivity index (χ0) is 23.0. The van der Waals surface area contributed by atoms with Crippen LogP contribution in [0.5, 0.6) is 11.8 Å². The molecule has 0 bridgehead atoms. The first kappa shape index (κ1) is 21.0. The molecule has 1 aliphatic heterocycles. The van der Waals surface area contributed by atoms with Crippen molar-refractivity contribution in [2.75, 3.05) is 18.8 Å². The summed E-state index contributed by atoms with van der Waals surface area (Å²) in [6.07, 6.45) is 12.4. The van der Waals surface area contributed by atoms with Crippen LogP contribution in [0, 0.1) is 5.41 Å². The van der Waals surface area contributed by atoms with Crippen LogP contribution in [0.15, 0.2) is 49.1 Å². The first-order chi connectivity index (χ1) is 16.7. The van der Waals surface area contributed by atoms with Crippen molar-refractivity contribution >= 4 is 16.9 Å². The van der Waals surface area contributed by atoms with Crippen LogP contribution in [0.3, 0.4) is 0 Å². The Bertz CT molecular complexity index is 1270. The Kier molecular flexibility index (Phi) is 5.37. The molecule has 1 saturated carbocycles. The molecule has 8 nitrogen and oxygen atoms in total. The molecule has 8 heteroatoms. The molecule has 0 unspecified atom stereocenters. The first-order valence-corrected chi connectivity index (χ1v) is 12.1. The molecule has 34 heavy (non-hydrogen) atoms. The molecule has 0 amide bonds. The molecule has 1 aliphatic carbocycles. The lowest BCUT2D eigenvalue weighted by Gasteiger charge is -2.43. The van der Waals surface area contributed by atoms with Gasteiger partial charge in [0.2, 0.25) is 0 Å². The predicted octanol–water partition coefficient (Wildman–Crippen LogP) is 4.82. The van der Waals surface area contributed by atoms with Crippen molar-refractivity contribution in [1.82, 2.24) is 30.2 Å². The third kappa shape index (κ3) is 3.88. The number of benzene rings is 1. The van der Waals surface area contributed by atoms with Gasteiger partial charge in [-0.05, 0) is 86.7 Å². The molecule has 2 fully saturated rings. The highest BCUT2D eigenvalue weighted by molar-refractivity contribution is 6.02. The molecule has 2 aliphatic rings. The number of rotatable bonds is 4. The molecule has 4 N–H and O–H groups in total. The van der Waals surface area contributed by atoms with Crippen LogP contribution in [-0.2, 0) is 0 Å². The van der Waals surface area contributed by atoms with Crippen molar-refractivity contribution in [2.24, 2.45) is 5.41 Å². The van der Waals surface area contributed by atoms with Gasteiger partial charge < -0.3 is 20.8 Å². The summed E-state index contributed by atoms with van der Waals surface area (Å²) >= 11 is 0. The van der Waals surface area contributed by atoms with Crippen LogP contribution in [-0.4, -0.2) is 38.0 Å². The number of fused-ring (bicyclic) bond motifs is 1. The summed E-state index contributed by atoms with van der Waals surface area (Å²) in [6.45, 7) is 2.30. The number of H-pyrrole nitrogens is 1. The number of nitrogens with one attached hydrogen (secondary N) is 2.